The number of ketones is 1. The van der Waals surface area contributed by atoms with Gasteiger partial charge in [-0.25, -0.2) is 13.2 Å². The molecule has 0 radical (unpaired) electrons. The van der Waals surface area contributed by atoms with Crippen LogP contribution in [-0.4, -0.2) is 43.4 Å². The molecule has 1 N–H and O–H groups in total. The molecule has 130 valence electrons. The molecule has 0 aliphatic carbocycles. The predicted molar refractivity (Wildman–Crippen MR) is 92.4 cm³/mol. The van der Waals surface area contributed by atoms with E-state index in [1.807, 2.05) is 0 Å². The van der Waals surface area contributed by atoms with E-state index in [1.165, 1.54) is 43.6 Å². The second kappa shape index (κ2) is 6.34. The number of amides is 1. The molecule has 1 aliphatic rings. The fourth-order valence-corrected chi connectivity index (χ4v) is 3.70. The Balaban J connectivity index is 1.81. The average Bonchev–Trinajstić information content (AvgIpc) is 3.02. The maximum atomic E-state index is 12.3. The van der Waals surface area contributed by atoms with E-state index in [4.69, 9.17) is 16.3 Å². The van der Waals surface area contributed by atoms with Gasteiger partial charge in [0.25, 0.3) is 0 Å². The van der Waals surface area contributed by atoms with Crippen LogP contribution in [0.15, 0.2) is 41.5 Å². The Labute approximate surface area is 148 Å². The van der Waals surface area contributed by atoms with E-state index in [-0.39, 0.29) is 22.1 Å². The standard InChI is InChI=1S/C15H12ClN3O5S/c1-24-13-5-4-9(7-10(13)16)18-25(22,23)8-11-14(20)12-3-2-6-19(12)15(21)17-11/h2-7,18H,8H2,1H3. The molecular formula is C15H12ClN3O5S. The molecule has 2 aromatic rings. The molecule has 1 aliphatic heterocycles. The molecule has 2 heterocycles. The Morgan fingerprint density at radius 3 is 2.72 bits per heavy atom. The van der Waals surface area contributed by atoms with Crippen LogP contribution < -0.4 is 9.46 Å². The zero-order valence-corrected chi connectivity index (χ0v) is 14.5. The number of anilines is 1. The molecule has 0 saturated carbocycles. The first-order chi connectivity index (χ1) is 11.8. The molecule has 1 aromatic heterocycles. The van der Waals surface area contributed by atoms with E-state index in [2.05, 4.69) is 9.71 Å². The number of carbonyl (C=O) groups excluding carboxylic acids is 2. The maximum Gasteiger partial charge on any atom is 0.352 e. The topological polar surface area (TPSA) is 107 Å². The fraction of sp³-hybridized carbons (Fsp3) is 0.133. The van der Waals surface area contributed by atoms with Gasteiger partial charge < -0.3 is 4.74 Å². The van der Waals surface area contributed by atoms with Crippen molar-refractivity contribution in [1.29, 1.82) is 0 Å². The Hall–Kier alpha value is -2.65. The van der Waals surface area contributed by atoms with Gasteiger partial charge in [0.05, 0.1) is 23.5 Å². The van der Waals surface area contributed by atoms with E-state index < -0.39 is 27.6 Å². The van der Waals surface area contributed by atoms with Crippen molar-refractivity contribution >= 4 is 44.8 Å². The molecule has 1 aromatic carbocycles. The fourth-order valence-electron chi connectivity index (χ4n) is 2.32. The smallest absolute Gasteiger partial charge is 0.352 e. The van der Waals surface area contributed by atoms with Crippen LogP contribution in [0, 0.1) is 0 Å². The summed E-state index contributed by atoms with van der Waals surface area (Å²) < 4.78 is 32.9. The Morgan fingerprint density at radius 1 is 1.28 bits per heavy atom. The first-order valence-electron chi connectivity index (χ1n) is 6.99. The summed E-state index contributed by atoms with van der Waals surface area (Å²) in [7, 11) is -2.54. The lowest BCUT2D eigenvalue weighted by molar-refractivity contribution is 0.105. The van der Waals surface area contributed by atoms with Crippen LogP contribution in [0.5, 0.6) is 5.75 Å². The summed E-state index contributed by atoms with van der Waals surface area (Å²) in [4.78, 5) is 27.7. The van der Waals surface area contributed by atoms with Crippen LogP contribution in [0.25, 0.3) is 0 Å². The highest BCUT2D eigenvalue weighted by atomic mass is 35.5. The summed E-state index contributed by atoms with van der Waals surface area (Å²) in [5.74, 6) is -0.947. The number of methoxy groups -OCH3 is 1. The van der Waals surface area contributed by atoms with Crippen LogP contribution in [-0.2, 0) is 10.0 Å². The summed E-state index contributed by atoms with van der Waals surface area (Å²) in [6, 6.07) is 6.56. The number of hydrogen-bond acceptors (Lipinski definition) is 5. The van der Waals surface area contributed by atoms with Crippen molar-refractivity contribution in [3.8, 4) is 5.75 Å². The van der Waals surface area contributed by atoms with Gasteiger partial charge in [-0.05, 0) is 30.3 Å². The monoisotopic (exact) mass is 381 g/mol. The molecule has 25 heavy (non-hydrogen) atoms. The minimum absolute atomic E-state index is 0.0812. The third-order valence-corrected chi connectivity index (χ3v) is 4.93. The number of nitrogens with zero attached hydrogens (tertiary/aromatic N) is 2. The third-order valence-electron chi connectivity index (χ3n) is 3.43. The van der Waals surface area contributed by atoms with Crippen molar-refractivity contribution in [3.63, 3.8) is 0 Å². The molecule has 0 unspecified atom stereocenters. The minimum Gasteiger partial charge on any atom is -0.495 e. The highest BCUT2D eigenvalue weighted by Crippen LogP contribution is 2.27. The third kappa shape index (κ3) is 3.42. The van der Waals surface area contributed by atoms with E-state index in [0.29, 0.717) is 5.75 Å². The van der Waals surface area contributed by atoms with Crippen LogP contribution >= 0.6 is 11.6 Å². The van der Waals surface area contributed by atoms with Crippen molar-refractivity contribution < 1.29 is 22.7 Å². The Bertz CT molecular complexity index is 1010. The first-order valence-corrected chi connectivity index (χ1v) is 9.02. The lowest BCUT2D eigenvalue weighted by atomic mass is 10.2. The van der Waals surface area contributed by atoms with Crippen LogP contribution in [0.4, 0.5) is 10.5 Å². The SMILES string of the molecule is COc1ccc(NS(=O)(=O)CC2=NC(=O)n3cccc3C2=O)cc1Cl. The number of carbonyl (C=O) groups is 2. The molecule has 8 nitrogen and oxygen atoms in total. The van der Waals surface area contributed by atoms with Gasteiger partial charge in [0.2, 0.25) is 15.8 Å². The van der Waals surface area contributed by atoms with Gasteiger partial charge in [-0.1, -0.05) is 11.6 Å². The van der Waals surface area contributed by atoms with Gasteiger partial charge in [-0.15, -0.1) is 0 Å². The predicted octanol–water partition coefficient (Wildman–Crippen LogP) is 2.20. The summed E-state index contributed by atoms with van der Waals surface area (Å²) >= 11 is 5.95. The number of benzene rings is 1. The van der Waals surface area contributed by atoms with Crippen molar-refractivity contribution in [3.05, 3.63) is 47.2 Å². The number of aromatic nitrogens is 1. The quantitative estimate of drug-likeness (QED) is 0.854. The van der Waals surface area contributed by atoms with E-state index >= 15 is 0 Å². The number of ether oxygens (including phenoxy) is 1. The number of rotatable bonds is 5. The molecular weight excluding hydrogens is 370 g/mol. The highest BCUT2D eigenvalue weighted by Gasteiger charge is 2.30. The van der Waals surface area contributed by atoms with E-state index in [1.54, 1.807) is 0 Å². The summed E-state index contributed by atoms with van der Waals surface area (Å²) in [6.45, 7) is 0. The first kappa shape index (κ1) is 17.2. The second-order valence-corrected chi connectivity index (χ2v) is 7.27. The van der Waals surface area contributed by atoms with Gasteiger partial charge in [0.1, 0.15) is 17.2 Å². The number of aliphatic imine (C=N–C) groups is 1. The molecule has 0 saturated heterocycles. The van der Waals surface area contributed by atoms with Gasteiger partial charge in [-0.3, -0.25) is 14.1 Å². The molecule has 0 atom stereocenters. The number of nitrogens with one attached hydrogen (secondary N) is 1. The van der Waals surface area contributed by atoms with Crippen LogP contribution in [0.1, 0.15) is 10.5 Å². The van der Waals surface area contributed by atoms with E-state index in [9.17, 15) is 18.0 Å². The molecule has 0 bridgehead atoms. The maximum absolute atomic E-state index is 12.3. The molecule has 3 rings (SSSR count). The van der Waals surface area contributed by atoms with Gasteiger partial charge >= 0.3 is 6.03 Å². The summed E-state index contributed by atoms with van der Waals surface area (Å²) in [5, 5.41) is 0.224. The number of halogens is 1. The Kier molecular flexibility index (Phi) is 4.36. The minimum atomic E-state index is -3.98. The number of Topliss-reactive ketones (excluding diaryl/α,β-unsaturated/α-hetero) is 1. The molecule has 1 amide bonds. The average molecular weight is 382 g/mol. The van der Waals surface area contributed by atoms with E-state index in [0.717, 1.165) is 4.57 Å². The normalized spacial score (nSPS) is 14.1. The summed E-state index contributed by atoms with van der Waals surface area (Å²) in [6.07, 6.45) is 1.39. The van der Waals surface area contributed by atoms with Crippen molar-refractivity contribution in [2.75, 3.05) is 17.6 Å². The van der Waals surface area contributed by atoms with Gasteiger partial charge in [-0.2, -0.15) is 4.99 Å². The van der Waals surface area contributed by atoms with Gasteiger partial charge in [0.15, 0.2) is 0 Å². The lowest BCUT2D eigenvalue weighted by Crippen LogP contribution is -2.34. The highest BCUT2D eigenvalue weighted by molar-refractivity contribution is 7.93. The van der Waals surface area contributed by atoms with Crippen LogP contribution in [0.2, 0.25) is 5.02 Å². The van der Waals surface area contributed by atoms with Crippen molar-refractivity contribution in [1.82, 2.24) is 4.57 Å². The molecule has 0 spiro atoms. The number of fused-ring (bicyclic) bond motifs is 1. The largest absolute Gasteiger partial charge is 0.495 e. The summed E-state index contributed by atoms with van der Waals surface area (Å²) in [5.41, 5.74) is -0.0645. The number of sulfonamides is 1. The number of hydrogen-bond donors (Lipinski definition) is 1. The zero-order valence-electron chi connectivity index (χ0n) is 12.9. The van der Waals surface area contributed by atoms with Crippen LogP contribution in [0.3, 0.4) is 0 Å². The Morgan fingerprint density at radius 2 is 2.04 bits per heavy atom. The molecule has 0 fully saturated rings. The lowest BCUT2D eigenvalue weighted by Gasteiger charge is -2.14. The van der Waals surface area contributed by atoms with Crippen molar-refractivity contribution in [2.45, 2.75) is 0 Å². The second-order valence-electron chi connectivity index (χ2n) is 5.14. The molecule has 10 heteroatoms. The zero-order chi connectivity index (χ0) is 18.2. The van der Waals surface area contributed by atoms with Crippen molar-refractivity contribution in [2.24, 2.45) is 4.99 Å². The van der Waals surface area contributed by atoms with Gasteiger partial charge in [0, 0.05) is 6.20 Å².